The van der Waals surface area contributed by atoms with Gasteiger partial charge in [0.25, 0.3) is 17.1 Å². The van der Waals surface area contributed by atoms with Gasteiger partial charge in [0, 0.05) is 18.0 Å². The SMILES string of the molecule is Cc1ccc(/C=C2\SC(=O)N(CCNC(=O)c3cc(C)c(C)s3)C2=O)cc1. The standard InChI is InChI=1S/C20H20N2O3S2/c1-12-4-6-15(7-5-12)11-17-19(24)22(20(25)27-17)9-8-21-18(23)16-10-13(2)14(3)26-16/h4-7,10-11H,8-9H2,1-3H3,(H,21,23)/b17-11-. The summed E-state index contributed by atoms with van der Waals surface area (Å²) in [4.78, 5) is 40.1. The van der Waals surface area contributed by atoms with Crippen LogP contribution in [0.15, 0.2) is 35.2 Å². The van der Waals surface area contributed by atoms with Gasteiger partial charge >= 0.3 is 0 Å². The maximum atomic E-state index is 12.5. The summed E-state index contributed by atoms with van der Waals surface area (Å²) in [6, 6.07) is 9.59. The number of rotatable bonds is 5. The minimum absolute atomic E-state index is 0.158. The van der Waals surface area contributed by atoms with Gasteiger partial charge in [-0.15, -0.1) is 11.3 Å². The Kier molecular flexibility index (Phi) is 5.82. The molecule has 1 aromatic carbocycles. The first-order chi connectivity index (χ1) is 12.8. The van der Waals surface area contributed by atoms with Crippen LogP contribution in [0.3, 0.4) is 0 Å². The molecule has 1 aliphatic heterocycles. The van der Waals surface area contributed by atoms with Crippen molar-refractivity contribution in [2.45, 2.75) is 20.8 Å². The zero-order chi connectivity index (χ0) is 19.6. The Hall–Kier alpha value is -2.38. The number of aryl methyl sites for hydroxylation is 3. The summed E-state index contributed by atoms with van der Waals surface area (Å²) in [7, 11) is 0. The molecule has 0 unspecified atom stereocenters. The lowest BCUT2D eigenvalue weighted by Gasteiger charge is -2.12. The lowest BCUT2D eigenvalue weighted by atomic mass is 10.1. The molecule has 3 amide bonds. The van der Waals surface area contributed by atoms with Crippen molar-refractivity contribution in [3.63, 3.8) is 0 Å². The average molecular weight is 401 g/mol. The zero-order valence-corrected chi connectivity index (χ0v) is 17.0. The van der Waals surface area contributed by atoms with Gasteiger partial charge in [-0.05, 0) is 55.8 Å². The van der Waals surface area contributed by atoms with Crippen LogP contribution < -0.4 is 5.32 Å². The quantitative estimate of drug-likeness (QED) is 0.766. The van der Waals surface area contributed by atoms with E-state index in [4.69, 9.17) is 0 Å². The van der Waals surface area contributed by atoms with Crippen LogP contribution in [-0.4, -0.2) is 35.0 Å². The number of hydrogen-bond donors (Lipinski definition) is 1. The second kappa shape index (κ2) is 8.10. The zero-order valence-electron chi connectivity index (χ0n) is 15.4. The summed E-state index contributed by atoms with van der Waals surface area (Å²) in [5.74, 6) is -0.499. The van der Waals surface area contributed by atoms with Gasteiger partial charge in [0.15, 0.2) is 0 Å². The molecule has 1 fully saturated rings. The lowest BCUT2D eigenvalue weighted by molar-refractivity contribution is -0.122. The van der Waals surface area contributed by atoms with Crippen molar-refractivity contribution in [1.82, 2.24) is 10.2 Å². The number of thiophene rings is 1. The summed E-state index contributed by atoms with van der Waals surface area (Å²) in [5.41, 5.74) is 3.09. The predicted octanol–water partition coefficient (Wildman–Crippen LogP) is 4.14. The molecule has 0 spiro atoms. The number of benzene rings is 1. The van der Waals surface area contributed by atoms with E-state index < -0.39 is 0 Å². The van der Waals surface area contributed by atoms with Crippen molar-refractivity contribution in [3.05, 3.63) is 61.7 Å². The molecule has 27 heavy (non-hydrogen) atoms. The summed E-state index contributed by atoms with van der Waals surface area (Å²) in [6.07, 6.45) is 1.72. The maximum absolute atomic E-state index is 12.5. The van der Waals surface area contributed by atoms with Crippen molar-refractivity contribution < 1.29 is 14.4 Å². The monoisotopic (exact) mass is 400 g/mol. The summed E-state index contributed by atoms with van der Waals surface area (Å²) < 4.78 is 0. The minimum Gasteiger partial charge on any atom is -0.350 e. The smallest absolute Gasteiger partial charge is 0.293 e. The molecular formula is C20H20N2O3S2. The van der Waals surface area contributed by atoms with Crippen LogP contribution in [0.25, 0.3) is 6.08 Å². The topological polar surface area (TPSA) is 66.5 Å². The van der Waals surface area contributed by atoms with Crippen LogP contribution in [0.2, 0.25) is 0 Å². The molecule has 7 heteroatoms. The lowest BCUT2D eigenvalue weighted by Crippen LogP contribution is -2.37. The molecule has 0 saturated carbocycles. The van der Waals surface area contributed by atoms with Crippen molar-refractivity contribution >= 4 is 46.2 Å². The van der Waals surface area contributed by atoms with Gasteiger partial charge in [-0.3, -0.25) is 19.3 Å². The fraction of sp³-hybridized carbons (Fsp3) is 0.250. The molecule has 1 N–H and O–H groups in total. The van der Waals surface area contributed by atoms with Crippen LogP contribution in [0.1, 0.15) is 31.2 Å². The van der Waals surface area contributed by atoms with Gasteiger partial charge in [0.2, 0.25) is 0 Å². The number of hydrogen-bond acceptors (Lipinski definition) is 5. The van der Waals surface area contributed by atoms with Crippen molar-refractivity contribution in [1.29, 1.82) is 0 Å². The third kappa shape index (κ3) is 4.48. The second-order valence-electron chi connectivity index (χ2n) is 6.35. The fourth-order valence-electron chi connectivity index (χ4n) is 2.56. The van der Waals surface area contributed by atoms with Crippen molar-refractivity contribution in [3.8, 4) is 0 Å². The molecule has 5 nitrogen and oxygen atoms in total. The highest BCUT2D eigenvalue weighted by Crippen LogP contribution is 2.32. The molecule has 0 radical (unpaired) electrons. The Morgan fingerprint density at radius 1 is 1.15 bits per heavy atom. The van der Waals surface area contributed by atoms with Crippen molar-refractivity contribution in [2.75, 3.05) is 13.1 Å². The normalized spacial score (nSPS) is 15.7. The fourth-order valence-corrected chi connectivity index (χ4v) is 4.38. The molecule has 1 aliphatic rings. The maximum Gasteiger partial charge on any atom is 0.293 e. The molecular weight excluding hydrogens is 380 g/mol. The first-order valence-electron chi connectivity index (χ1n) is 8.52. The van der Waals surface area contributed by atoms with E-state index in [0.29, 0.717) is 9.78 Å². The summed E-state index contributed by atoms with van der Waals surface area (Å²) in [6.45, 7) is 6.31. The number of amides is 3. The van der Waals surface area contributed by atoms with E-state index in [1.807, 2.05) is 51.1 Å². The van der Waals surface area contributed by atoms with E-state index in [2.05, 4.69) is 5.32 Å². The van der Waals surface area contributed by atoms with Gasteiger partial charge < -0.3 is 5.32 Å². The third-order valence-electron chi connectivity index (χ3n) is 4.26. The van der Waals surface area contributed by atoms with E-state index in [1.54, 1.807) is 6.08 Å². The first kappa shape index (κ1) is 19.4. The van der Waals surface area contributed by atoms with Crippen molar-refractivity contribution in [2.24, 2.45) is 0 Å². The Morgan fingerprint density at radius 2 is 1.85 bits per heavy atom. The molecule has 0 atom stereocenters. The molecule has 140 valence electrons. The van der Waals surface area contributed by atoms with Gasteiger partial charge in [-0.25, -0.2) is 0 Å². The van der Waals surface area contributed by atoms with E-state index in [9.17, 15) is 14.4 Å². The van der Waals surface area contributed by atoms with E-state index in [0.717, 1.165) is 33.3 Å². The number of carbonyl (C=O) groups is 3. The Bertz CT molecular complexity index is 910. The third-order valence-corrected chi connectivity index (χ3v) is 6.32. The molecule has 1 saturated heterocycles. The minimum atomic E-state index is -0.317. The first-order valence-corrected chi connectivity index (χ1v) is 10.2. The largest absolute Gasteiger partial charge is 0.350 e. The second-order valence-corrected chi connectivity index (χ2v) is 8.60. The van der Waals surface area contributed by atoms with Gasteiger partial charge in [0.05, 0.1) is 9.78 Å². The Balaban J connectivity index is 1.59. The van der Waals surface area contributed by atoms with E-state index in [1.165, 1.54) is 16.2 Å². The van der Waals surface area contributed by atoms with E-state index in [-0.39, 0.29) is 30.1 Å². The molecule has 2 heterocycles. The predicted molar refractivity (Wildman–Crippen MR) is 110 cm³/mol. The molecule has 1 aromatic heterocycles. The van der Waals surface area contributed by atoms with Crippen LogP contribution in [-0.2, 0) is 4.79 Å². The van der Waals surface area contributed by atoms with Gasteiger partial charge in [-0.2, -0.15) is 0 Å². The number of carbonyl (C=O) groups excluding carboxylic acids is 3. The van der Waals surface area contributed by atoms with E-state index >= 15 is 0 Å². The molecule has 0 bridgehead atoms. The number of imide groups is 1. The Morgan fingerprint density at radius 3 is 2.48 bits per heavy atom. The van der Waals surface area contributed by atoms with Gasteiger partial charge in [0.1, 0.15) is 0 Å². The molecule has 3 rings (SSSR count). The highest BCUT2D eigenvalue weighted by Gasteiger charge is 2.34. The van der Waals surface area contributed by atoms with Crippen LogP contribution in [0.5, 0.6) is 0 Å². The van der Waals surface area contributed by atoms with Crippen LogP contribution in [0.4, 0.5) is 4.79 Å². The Labute approximate surface area is 166 Å². The summed E-state index contributed by atoms with van der Waals surface area (Å²) >= 11 is 2.37. The number of nitrogens with zero attached hydrogens (tertiary/aromatic N) is 1. The molecule has 2 aromatic rings. The highest BCUT2D eigenvalue weighted by atomic mass is 32.2. The van der Waals surface area contributed by atoms with Crippen LogP contribution >= 0.6 is 23.1 Å². The number of thioether (sulfide) groups is 1. The number of nitrogens with one attached hydrogen (secondary N) is 1. The molecule has 0 aliphatic carbocycles. The highest BCUT2D eigenvalue weighted by molar-refractivity contribution is 8.18. The summed E-state index contributed by atoms with van der Waals surface area (Å²) in [5, 5.41) is 2.47. The average Bonchev–Trinajstić information content (AvgIpc) is 3.10. The van der Waals surface area contributed by atoms with Gasteiger partial charge in [-0.1, -0.05) is 29.8 Å². The van der Waals surface area contributed by atoms with Crippen LogP contribution in [0, 0.1) is 20.8 Å².